The van der Waals surface area contributed by atoms with Crippen LogP contribution in [0.1, 0.15) is 70.2 Å². The predicted octanol–water partition coefficient (Wildman–Crippen LogP) is 4.57. The molecular formula is C22H33NO5. The van der Waals surface area contributed by atoms with Gasteiger partial charge in [-0.25, -0.2) is 4.79 Å². The van der Waals surface area contributed by atoms with Gasteiger partial charge in [0.2, 0.25) is 0 Å². The molecule has 1 fully saturated rings. The Morgan fingerprint density at radius 1 is 1.32 bits per heavy atom. The fourth-order valence-corrected chi connectivity index (χ4v) is 3.68. The zero-order valence-corrected chi connectivity index (χ0v) is 17.7. The minimum absolute atomic E-state index is 0.0849. The third kappa shape index (κ3) is 5.47. The van der Waals surface area contributed by atoms with Crippen molar-refractivity contribution in [3.05, 3.63) is 23.8 Å². The molecule has 6 nitrogen and oxygen atoms in total. The summed E-state index contributed by atoms with van der Waals surface area (Å²) in [6, 6.07) is 5.02. The average Bonchev–Trinajstić information content (AvgIpc) is 2.66. The Kier molecular flexibility index (Phi) is 7.87. The molecule has 0 aliphatic heterocycles. The molecule has 2 atom stereocenters. The number of anilines is 1. The van der Waals surface area contributed by atoms with Crippen molar-refractivity contribution < 1.29 is 23.8 Å². The molecule has 0 radical (unpaired) electrons. The van der Waals surface area contributed by atoms with E-state index in [0.29, 0.717) is 36.8 Å². The Hall–Kier alpha value is -2.08. The largest absolute Gasteiger partial charge is 0.490 e. The summed E-state index contributed by atoms with van der Waals surface area (Å²) in [6.45, 7) is 8.51. The summed E-state index contributed by atoms with van der Waals surface area (Å²) in [5.41, 5.74) is 0.000368. The highest BCUT2D eigenvalue weighted by atomic mass is 16.5. The third-order valence-corrected chi connectivity index (χ3v) is 4.96. The summed E-state index contributed by atoms with van der Waals surface area (Å²) < 4.78 is 16.6. The molecular weight excluding hydrogens is 358 g/mol. The number of benzene rings is 1. The smallest absolute Gasteiger partial charge is 0.341 e. The van der Waals surface area contributed by atoms with E-state index in [9.17, 15) is 9.59 Å². The van der Waals surface area contributed by atoms with Crippen molar-refractivity contribution in [3.8, 4) is 5.75 Å². The zero-order valence-electron chi connectivity index (χ0n) is 17.7. The summed E-state index contributed by atoms with van der Waals surface area (Å²) in [6.07, 6.45) is 4.26. The lowest BCUT2D eigenvalue weighted by molar-refractivity contribution is -0.148. The number of hydrogen-bond acceptors (Lipinski definition) is 5. The van der Waals surface area contributed by atoms with Crippen LogP contribution in [0, 0.1) is 5.92 Å². The predicted molar refractivity (Wildman–Crippen MR) is 109 cm³/mol. The lowest BCUT2D eigenvalue weighted by Crippen LogP contribution is -2.48. The van der Waals surface area contributed by atoms with Crippen molar-refractivity contribution in [2.24, 2.45) is 5.92 Å². The zero-order chi connectivity index (χ0) is 20.7. The maximum Gasteiger partial charge on any atom is 0.341 e. The minimum Gasteiger partial charge on any atom is -0.490 e. The number of esters is 1. The standard InChI is InChI=1S/C22H33NO5/c1-6-12-27-22(11-7-8-16(4)14-22)21(25)23-17-9-10-19(28-15(2)3)18(13-17)20(24)26-5/h9-10,13,15-16H,6-8,11-12,14H2,1-5H3,(H,23,25)/t16-,22+/m1/s1. The molecule has 1 amide bonds. The van der Waals surface area contributed by atoms with E-state index in [2.05, 4.69) is 12.2 Å². The lowest BCUT2D eigenvalue weighted by atomic mass is 9.78. The van der Waals surface area contributed by atoms with Crippen LogP contribution < -0.4 is 10.1 Å². The highest BCUT2D eigenvalue weighted by molar-refractivity contribution is 5.99. The number of hydrogen-bond donors (Lipinski definition) is 1. The van der Waals surface area contributed by atoms with Gasteiger partial charge in [-0.2, -0.15) is 0 Å². The van der Waals surface area contributed by atoms with E-state index in [4.69, 9.17) is 14.2 Å². The van der Waals surface area contributed by atoms with Crippen LogP contribution in [0.4, 0.5) is 5.69 Å². The molecule has 0 saturated heterocycles. The van der Waals surface area contributed by atoms with Crippen molar-refractivity contribution in [2.75, 3.05) is 19.0 Å². The third-order valence-electron chi connectivity index (χ3n) is 4.96. The number of ether oxygens (including phenoxy) is 3. The summed E-state index contributed by atoms with van der Waals surface area (Å²) in [7, 11) is 1.32. The first-order valence-corrected chi connectivity index (χ1v) is 10.2. The number of rotatable bonds is 8. The highest BCUT2D eigenvalue weighted by Gasteiger charge is 2.42. The fourth-order valence-electron chi connectivity index (χ4n) is 3.68. The van der Waals surface area contributed by atoms with E-state index in [1.165, 1.54) is 7.11 Å². The van der Waals surface area contributed by atoms with Gasteiger partial charge in [-0.15, -0.1) is 0 Å². The van der Waals surface area contributed by atoms with E-state index < -0.39 is 11.6 Å². The normalized spacial score (nSPS) is 22.0. The van der Waals surface area contributed by atoms with Gasteiger partial charge in [-0.3, -0.25) is 4.79 Å². The maximum absolute atomic E-state index is 13.2. The maximum atomic E-state index is 13.2. The number of nitrogens with one attached hydrogen (secondary N) is 1. The van der Waals surface area contributed by atoms with Crippen molar-refractivity contribution in [2.45, 2.75) is 71.5 Å². The van der Waals surface area contributed by atoms with Crippen molar-refractivity contribution in [1.29, 1.82) is 0 Å². The molecule has 1 aromatic carbocycles. The van der Waals surface area contributed by atoms with Gasteiger partial charge in [-0.05, 0) is 63.6 Å². The number of methoxy groups -OCH3 is 1. The van der Waals surface area contributed by atoms with Gasteiger partial charge in [0.25, 0.3) is 5.91 Å². The second-order valence-corrected chi connectivity index (χ2v) is 7.87. The molecule has 0 unspecified atom stereocenters. The number of amides is 1. The molecule has 6 heteroatoms. The van der Waals surface area contributed by atoms with Crippen LogP contribution in [0.2, 0.25) is 0 Å². The highest BCUT2D eigenvalue weighted by Crippen LogP contribution is 2.36. The van der Waals surface area contributed by atoms with Crippen LogP contribution in [-0.2, 0) is 14.3 Å². The van der Waals surface area contributed by atoms with E-state index in [0.717, 1.165) is 19.3 Å². The van der Waals surface area contributed by atoms with Crippen LogP contribution >= 0.6 is 0 Å². The van der Waals surface area contributed by atoms with E-state index in [1.807, 2.05) is 20.8 Å². The number of carbonyl (C=O) groups is 2. The second-order valence-electron chi connectivity index (χ2n) is 7.87. The Labute approximate surface area is 167 Å². The molecule has 1 aliphatic carbocycles. The summed E-state index contributed by atoms with van der Waals surface area (Å²) >= 11 is 0. The van der Waals surface area contributed by atoms with Crippen LogP contribution in [0.15, 0.2) is 18.2 Å². The Balaban J connectivity index is 2.26. The Morgan fingerprint density at radius 3 is 2.68 bits per heavy atom. The molecule has 1 aliphatic rings. The molecule has 1 saturated carbocycles. The van der Waals surface area contributed by atoms with E-state index >= 15 is 0 Å². The molecule has 28 heavy (non-hydrogen) atoms. The molecule has 0 heterocycles. The minimum atomic E-state index is -0.813. The molecule has 1 aromatic rings. The first kappa shape index (κ1) is 22.2. The molecule has 0 spiro atoms. The topological polar surface area (TPSA) is 73.9 Å². The van der Waals surface area contributed by atoms with Gasteiger partial charge in [0.05, 0.1) is 13.2 Å². The first-order valence-electron chi connectivity index (χ1n) is 10.2. The summed E-state index contributed by atoms with van der Waals surface area (Å²) in [5.74, 6) is 0.211. The molecule has 156 valence electrons. The SMILES string of the molecule is CCCO[C@@]1(C(=O)Nc2ccc(OC(C)C)c(C(=O)OC)c2)CCC[C@@H](C)C1. The fraction of sp³-hybridized carbons (Fsp3) is 0.636. The summed E-state index contributed by atoms with van der Waals surface area (Å²) in [4.78, 5) is 25.3. The van der Waals surface area contributed by atoms with Crippen LogP contribution in [0.25, 0.3) is 0 Å². The second kappa shape index (κ2) is 9.92. The van der Waals surface area contributed by atoms with Gasteiger partial charge in [-0.1, -0.05) is 20.3 Å². The van der Waals surface area contributed by atoms with E-state index in [-0.39, 0.29) is 17.6 Å². The van der Waals surface area contributed by atoms with Crippen LogP contribution in [0.5, 0.6) is 5.75 Å². The van der Waals surface area contributed by atoms with Gasteiger partial charge >= 0.3 is 5.97 Å². The van der Waals surface area contributed by atoms with Crippen LogP contribution in [-0.4, -0.2) is 37.3 Å². The average molecular weight is 392 g/mol. The molecule has 0 aromatic heterocycles. The number of carbonyl (C=O) groups excluding carboxylic acids is 2. The van der Waals surface area contributed by atoms with Gasteiger partial charge in [0.1, 0.15) is 16.9 Å². The molecule has 1 N–H and O–H groups in total. The van der Waals surface area contributed by atoms with Gasteiger partial charge in [0.15, 0.2) is 0 Å². The van der Waals surface area contributed by atoms with Gasteiger partial charge in [0, 0.05) is 12.3 Å². The molecule has 0 bridgehead atoms. The van der Waals surface area contributed by atoms with E-state index in [1.54, 1.807) is 18.2 Å². The summed E-state index contributed by atoms with van der Waals surface area (Å²) in [5, 5.41) is 2.95. The lowest BCUT2D eigenvalue weighted by Gasteiger charge is -2.38. The van der Waals surface area contributed by atoms with Crippen molar-refractivity contribution >= 4 is 17.6 Å². The first-order chi connectivity index (χ1) is 13.3. The quantitative estimate of drug-likeness (QED) is 0.657. The van der Waals surface area contributed by atoms with Gasteiger partial charge < -0.3 is 19.5 Å². The monoisotopic (exact) mass is 391 g/mol. The molecule has 2 rings (SSSR count). The van der Waals surface area contributed by atoms with Crippen molar-refractivity contribution in [1.82, 2.24) is 0 Å². The Morgan fingerprint density at radius 2 is 2.07 bits per heavy atom. The van der Waals surface area contributed by atoms with Crippen molar-refractivity contribution in [3.63, 3.8) is 0 Å². The van der Waals surface area contributed by atoms with Crippen LogP contribution in [0.3, 0.4) is 0 Å². The Bertz CT molecular complexity index is 688.